The molecule has 2 nitrogen and oxygen atoms in total. The lowest BCUT2D eigenvalue weighted by Gasteiger charge is -2.34. The van der Waals surface area contributed by atoms with E-state index in [1.165, 1.54) is 116 Å². The Hall–Kier alpha value is -6.38. The van der Waals surface area contributed by atoms with Crippen LogP contribution in [0.2, 0.25) is 0 Å². The summed E-state index contributed by atoms with van der Waals surface area (Å²) in [5, 5.41) is 10.1. The first kappa shape index (κ1) is 45.4. The number of rotatable bonds is 5. The highest BCUT2D eigenvalue weighted by molar-refractivity contribution is 6.27. The molecular formula is C66H70N2. The van der Waals surface area contributed by atoms with Crippen LogP contribution in [0.3, 0.4) is 0 Å². The smallest absolute Gasteiger partial charge is 0.0543 e. The van der Waals surface area contributed by atoms with Gasteiger partial charge in [-0.25, -0.2) is 0 Å². The van der Waals surface area contributed by atoms with Gasteiger partial charge in [-0.1, -0.05) is 213 Å². The Balaban J connectivity index is 1.34. The predicted octanol–water partition coefficient (Wildman–Crippen LogP) is 19.3. The van der Waals surface area contributed by atoms with E-state index in [0.29, 0.717) is 0 Å². The van der Waals surface area contributed by atoms with Crippen LogP contribution in [0.5, 0.6) is 0 Å². The van der Waals surface area contributed by atoms with Crippen molar-refractivity contribution < 1.29 is 0 Å². The van der Waals surface area contributed by atoms with E-state index in [2.05, 4.69) is 265 Å². The Morgan fingerprint density at radius 2 is 0.779 bits per heavy atom. The Labute approximate surface area is 406 Å². The van der Waals surface area contributed by atoms with Gasteiger partial charge in [-0.3, -0.25) is 0 Å². The molecule has 1 aromatic heterocycles. The lowest BCUT2D eigenvalue weighted by Crippen LogP contribution is -2.20. The number of benzene rings is 9. The van der Waals surface area contributed by atoms with Crippen molar-refractivity contribution in [3.8, 4) is 16.8 Å². The molecule has 0 atom stereocenters. The van der Waals surface area contributed by atoms with Crippen molar-refractivity contribution in [2.24, 2.45) is 0 Å². The highest BCUT2D eigenvalue weighted by Gasteiger charge is 2.30. The minimum absolute atomic E-state index is 0.0337. The van der Waals surface area contributed by atoms with Crippen molar-refractivity contribution in [2.45, 2.75) is 131 Å². The maximum absolute atomic E-state index is 2.63. The van der Waals surface area contributed by atoms with Gasteiger partial charge in [0.1, 0.15) is 0 Å². The molecule has 0 aliphatic heterocycles. The third-order valence-corrected chi connectivity index (χ3v) is 14.7. The summed E-state index contributed by atoms with van der Waals surface area (Å²) in [5.41, 5.74) is 16.0. The quantitative estimate of drug-likeness (QED) is 0.156. The molecule has 0 N–H and O–H groups in total. The van der Waals surface area contributed by atoms with Gasteiger partial charge in [0, 0.05) is 32.8 Å². The molecule has 2 heteroatoms. The van der Waals surface area contributed by atoms with E-state index in [9.17, 15) is 0 Å². The SMILES string of the molecule is CC(C)(C)c1cc(-c2ccc(C(C)(C)C)cc2N(c2cc(C(C)(C)C)cc(C(C)(C)C)c2)c2ccc3ccc4c(-n5c6ccccc6c6ccccc65)ccc5ccc2c3c54)cc(C(C)(C)C)c1. The number of fused-ring (bicyclic) bond motifs is 3. The third kappa shape index (κ3) is 7.75. The van der Waals surface area contributed by atoms with Crippen molar-refractivity contribution in [2.75, 3.05) is 4.90 Å². The van der Waals surface area contributed by atoms with Crippen LogP contribution < -0.4 is 4.90 Å². The summed E-state index contributed by atoms with van der Waals surface area (Å²) < 4.78 is 2.48. The van der Waals surface area contributed by atoms with Crippen LogP contribution in [0.15, 0.2) is 152 Å². The first-order valence-electron chi connectivity index (χ1n) is 24.8. The second kappa shape index (κ2) is 15.6. The highest BCUT2D eigenvalue weighted by Crippen LogP contribution is 2.50. The summed E-state index contributed by atoms with van der Waals surface area (Å²) in [6, 6.07) is 58.7. The number of hydrogen-bond donors (Lipinski definition) is 0. The Morgan fingerprint density at radius 1 is 0.338 bits per heavy atom. The topological polar surface area (TPSA) is 8.17 Å². The van der Waals surface area contributed by atoms with E-state index < -0.39 is 0 Å². The second-order valence-corrected chi connectivity index (χ2v) is 24.8. The van der Waals surface area contributed by atoms with Crippen molar-refractivity contribution in [3.05, 3.63) is 179 Å². The van der Waals surface area contributed by atoms with Crippen molar-refractivity contribution in [1.29, 1.82) is 0 Å². The zero-order chi connectivity index (χ0) is 48.5. The van der Waals surface area contributed by atoms with Gasteiger partial charge in [-0.05, 0) is 124 Å². The zero-order valence-corrected chi connectivity index (χ0v) is 43.3. The molecule has 0 bridgehead atoms. The largest absolute Gasteiger partial charge is 0.309 e. The third-order valence-electron chi connectivity index (χ3n) is 14.7. The molecule has 0 aliphatic rings. The Morgan fingerprint density at radius 3 is 1.29 bits per heavy atom. The lowest BCUT2D eigenvalue weighted by atomic mass is 9.78. The van der Waals surface area contributed by atoms with Gasteiger partial charge in [0.05, 0.1) is 28.1 Å². The van der Waals surface area contributed by atoms with Crippen LogP contribution >= 0.6 is 0 Å². The molecule has 1 heterocycles. The van der Waals surface area contributed by atoms with Crippen molar-refractivity contribution in [1.82, 2.24) is 4.57 Å². The molecule has 0 radical (unpaired) electrons. The van der Waals surface area contributed by atoms with Gasteiger partial charge < -0.3 is 9.47 Å². The van der Waals surface area contributed by atoms with Crippen LogP contribution in [0, 0.1) is 0 Å². The fourth-order valence-corrected chi connectivity index (χ4v) is 10.4. The molecule has 0 fully saturated rings. The fourth-order valence-electron chi connectivity index (χ4n) is 10.4. The molecule has 10 aromatic rings. The molecule has 0 saturated carbocycles. The number of anilines is 3. The summed E-state index contributed by atoms with van der Waals surface area (Å²) in [7, 11) is 0. The molecule has 0 saturated heterocycles. The normalized spacial score (nSPS) is 13.2. The summed E-state index contributed by atoms with van der Waals surface area (Å²) in [6.07, 6.45) is 0. The van der Waals surface area contributed by atoms with E-state index in [1.54, 1.807) is 0 Å². The zero-order valence-electron chi connectivity index (χ0n) is 43.3. The summed E-state index contributed by atoms with van der Waals surface area (Å²) in [6.45, 7) is 35.2. The number of hydrogen-bond acceptors (Lipinski definition) is 1. The first-order valence-corrected chi connectivity index (χ1v) is 24.8. The van der Waals surface area contributed by atoms with E-state index in [0.717, 1.165) is 0 Å². The van der Waals surface area contributed by atoms with E-state index in [-0.39, 0.29) is 27.1 Å². The first-order chi connectivity index (χ1) is 31.9. The summed E-state index contributed by atoms with van der Waals surface area (Å²) in [4.78, 5) is 2.63. The van der Waals surface area contributed by atoms with Gasteiger partial charge in [-0.15, -0.1) is 0 Å². The van der Waals surface area contributed by atoms with Crippen LogP contribution in [0.25, 0.3) is 70.9 Å². The molecule has 9 aromatic carbocycles. The fraction of sp³-hybridized carbons (Fsp3) is 0.303. The van der Waals surface area contributed by atoms with Crippen LogP contribution in [0.1, 0.15) is 132 Å². The molecule has 0 spiro atoms. The molecule has 344 valence electrons. The lowest BCUT2D eigenvalue weighted by molar-refractivity contribution is 0.568. The van der Waals surface area contributed by atoms with Crippen LogP contribution in [0.4, 0.5) is 17.1 Å². The standard InChI is InChI=1S/C66H70N2/c1-62(2,3)44-28-31-50(43-34-45(63(4,5)6)36-46(35-43)64(7,8)9)59(40-44)67(49-38-47(65(10,11)12)37-48(39-49)66(13,14)15)57-32-26-41-25-30-54-58(33-27-42-24-29-53(57)60(41)61(42)54)68-55-22-18-16-20-51(55)52-21-17-19-23-56(52)68/h16-40H,1-15H3. The molecular weight excluding hydrogens is 821 g/mol. The van der Waals surface area contributed by atoms with Crippen molar-refractivity contribution >= 4 is 71.2 Å². The van der Waals surface area contributed by atoms with E-state index in [1.807, 2.05) is 0 Å². The van der Waals surface area contributed by atoms with E-state index in [4.69, 9.17) is 0 Å². The Kier molecular flexibility index (Phi) is 10.4. The maximum Gasteiger partial charge on any atom is 0.0543 e. The van der Waals surface area contributed by atoms with Gasteiger partial charge >= 0.3 is 0 Å². The minimum Gasteiger partial charge on any atom is -0.309 e. The minimum atomic E-state index is -0.0848. The number of aromatic nitrogens is 1. The van der Waals surface area contributed by atoms with Gasteiger partial charge in [-0.2, -0.15) is 0 Å². The average molecular weight is 891 g/mol. The average Bonchev–Trinajstić information content (AvgIpc) is 3.61. The molecule has 0 amide bonds. The highest BCUT2D eigenvalue weighted by atomic mass is 15.1. The van der Waals surface area contributed by atoms with Gasteiger partial charge in [0.25, 0.3) is 0 Å². The number of nitrogens with zero attached hydrogens (tertiary/aromatic N) is 2. The molecule has 0 unspecified atom stereocenters. The monoisotopic (exact) mass is 891 g/mol. The molecule has 10 rings (SSSR count). The Bertz CT molecular complexity index is 3460. The van der Waals surface area contributed by atoms with Crippen LogP contribution in [-0.2, 0) is 27.1 Å². The summed E-state index contributed by atoms with van der Waals surface area (Å²) >= 11 is 0. The van der Waals surface area contributed by atoms with Gasteiger partial charge in [0.2, 0.25) is 0 Å². The predicted molar refractivity (Wildman–Crippen MR) is 298 cm³/mol. The van der Waals surface area contributed by atoms with Gasteiger partial charge in [0.15, 0.2) is 0 Å². The second-order valence-electron chi connectivity index (χ2n) is 24.8. The molecule has 0 aliphatic carbocycles. The van der Waals surface area contributed by atoms with Crippen LogP contribution in [-0.4, -0.2) is 4.57 Å². The van der Waals surface area contributed by atoms with Crippen molar-refractivity contribution in [3.63, 3.8) is 0 Å². The number of para-hydroxylation sites is 2. The molecule has 68 heavy (non-hydrogen) atoms. The summed E-state index contributed by atoms with van der Waals surface area (Å²) in [5.74, 6) is 0. The van der Waals surface area contributed by atoms with E-state index >= 15 is 0 Å². The maximum atomic E-state index is 2.63.